The van der Waals surface area contributed by atoms with Gasteiger partial charge in [0.15, 0.2) is 0 Å². The summed E-state index contributed by atoms with van der Waals surface area (Å²) in [6.07, 6.45) is 0.281. The van der Waals surface area contributed by atoms with Crippen LogP contribution in [-0.2, 0) is 4.74 Å². The molecule has 7 heteroatoms. The zero-order valence-corrected chi connectivity index (χ0v) is 16.5. The Morgan fingerprint density at radius 2 is 1.92 bits per heavy atom. The molecule has 3 atom stereocenters. The van der Waals surface area contributed by atoms with Crippen LogP contribution in [0.2, 0.25) is 0 Å². The Bertz CT molecular complexity index is 596. The molecule has 0 unspecified atom stereocenters. The molecule has 1 fully saturated rings. The molecule has 1 aliphatic rings. The van der Waals surface area contributed by atoms with Gasteiger partial charge in [-0.15, -0.1) is 0 Å². The molecule has 26 heavy (non-hydrogen) atoms. The van der Waals surface area contributed by atoms with E-state index in [1.54, 1.807) is 6.92 Å². The van der Waals surface area contributed by atoms with Crippen molar-refractivity contribution in [3.05, 3.63) is 24.3 Å². The third-order valence-corrected chi connectivity index (χ3v) is 4.20. The minimum atomic E-state index is -0.991. The van der Waals surface area contributed by atoms with Crippen LogP contribution in [0.15, 0.2) is 24.3 Å². The number of nitrogens with one attached hydrogen (secondary N) is 2. The molecule has 1 saturated heterocycles. The first-order chi connectivity index (χ1) is 12.2. The molecule has 2 amide bonds. The molecule has 0 spiro atoms. The lowest BCUT2D eigenvalue weighted by atomic mass is 10.1. The highest BCUT2D eigenvalue weighted by atomic mass is 16.5. The van der Waals surface area contributed by atoms with E-state index >= 15 is 0 Å². The third kappa shape index (κ3) is 6.16. The quantitative estimate of drug-likeness (QED) is 0.717. The van der Waals surface area contributed by atoms with Crippen LogP contribution >= 0.6 is 0 Å². The van der Waals surface area contributed by atoms with Crippen LogP contribution in [0.1, 0.15) is 20.8 Å². The van der Waals surface area contributed by atoms with E-state index in [0.717, 1.165) is 24.5 Å². The summed E-state index contributed by atoms with van der Waals surface area (Å²) in [5.74, 6) is 0. The van der Waals surface area contributed by atoms with E-state index in [2.05, 4.69) is 29.4 Å². The van der Waals surface area contributed by atoms with Crippen molar-refractivity contribution >= 4 is 17.4 Å². The number of rotatable bonds is 6. The first kappa shape index (κ1) is 20.5. The Morgan fingerprint density at radius 1 is 1.31 bits per heavy atom. The van der Waals surface area contributed by atoms with E-state index in [0.29, 0.717) is 6.54 Å². The minimum Gasteiger partial charge on any atom is -0.387 e. The lowest BCUT2D eigenvalue weighted by molar-refractivity contribution is -0.00517. The Hall–Kier alpha value is -1.83. The van der Waals surface area contributed by atoms with Gasteiger partial charge in [-0.2, -0.15) is 0 Å². The molecule has 3 N–H and O–H groups in total. The summed E-state index contributed by atoms with van der Waals surface area (Å²) < 4.78 is 5.79. The fourth-order valence-corrected chi connectivity index (χ4v) is 3.40. The first-order valence-electron chi connectivity index (χ1n) is 9.08. The maximum absolute atomic E-state index is 12.3. The first-order valence-corrected chi connectivity index (χ1v) is 9.08. The number of anilines is 2. The predicted molar refractivity (Wildman–Crippen MR) is 105 cm³/mol. The molecule has 146 valence electrons. The van der Waals surface area contributed by atoms with Crippen molar-refractivity contribution in [2.24, 2.45) is 0 Å². The molecule has 1 heterocycles. The van der Waals surface area contributed by atoms with Gasteiger partial charge >= 0.3 is 6.03 Å². The highest BCUT2D eigenvalue weighted by molar-refractivity contribution is 5.93. The minimum absolute atomic E-state index is 0.141. The number of nitrogens with zero attached hydrogens (tertiary/aromatic N) is 2. The van der Waals surface area contributed by atoms with E-state index in [1.165, 1.54) is 0 Å². The van der Waals surface area contributed by atoms with Crippen molar-refractivity contribution in [1.82, 2.24) is 10.2 Å². The number of morpholine rings is 1. The molecule has 1 aliphatic heterocycles. The smallest absolute Gasteiger partial charge is 0.319 e. The topological polar surface area (TPSA) is 77.1 Å². The van der Waals surface area contributed by atoms with E-state index in [4.69, 9.17) is 4.74 Å². The number of carbonyl (C=O) groups excluding carboxylic acids is 1. The van der Waals surface area contributed by atoms with Crippen molar-refractivity contribution in [3.63, 3.8) is 0 Å². The lowest BCUT2D eigenvalue weighted by Crippen LogP contribution is -2.48. The Labute approximate surface area is 156 Å². The van der Waals surface area contributed by atoms with Gasteiger partial charge in [-0.05, 0) is 47.0 Å². The average molecular weight is 364 g/mol. The van der Waals surface area contributed by atoms with Gasteiger partial charge in [0.05, 0.1) is 29.2 Å². The van der Waals surface area contributed by atoms with Crippen LogP contribution in [0.5, 0.6) is 0 Å². The number of hydrogen-bond donors (Lipinski definition) is 3. The largest absolute Gasteiger partial charge is 0.387 e. The number of urea groups is 1. The fourth-order valence-electron chi connectivity index (χ4n) is 3.40. The van der Waals surface area contributed by atoms with Gasteiger partial charge < -0.3 is 30.3 Å². The summed E-state index contributed by atoms with van der Waals surface area (Å²) in [6, 6.07) is 7.42. The Morgan fingerprint density at radius 3 is 2.54 bits per heavy atom. The molecule has 7 nitrogen and oxygen atoms in total. The Balaban J connectivity index is 2.00. The highest BCUT2D eigenvalue weighted by Crippen LogP contribution is 2.28. The van der Waals surface area contributed by atoms with Crippen LogP contribution in [-0.4, -0.2) is 74.1 Å². The number of para-hydroxylation sites is 2. The normalized spacial score (nSPS) is 22.8. The van der Waals surface area contributed by atoms with Crippen LogP contribution in [0.4, 0.5) is 16.2 Å². The number of ether oxygens (including phenoxy) is 1. The van der Waals surface area contributed by atoms with Gasteiger partial charge in [-0.3, -0.25) is 0 Å². The van der Waals surface area contributed by atoms with Crippen LogP contribution in [0.3, 0.4) is 0 Å². The van der Waals surface area contributed by atoms with Gasteiger partial charge in [0.1, 0.15) is 0 Å². The van der Waals surface area contributed by atoms with E-state index in [1.807, 2.05) is 43.3 Å². The number of carbonyl (C=O) groups is 1. The maximum Gasteiger partial charge on any atom is 0.319 e. The summed E-state index contributed by atoms with van der Waals surface area (Å²) in [7, 11) is 3.77. The van der Waals surface area contributed by atoms with Gasteiger partial charge in [0.25, 0.3) is 0 Å². The number of benzene rings is 1. The number of amides is 2. The van der Waals surface area contributed by atoms with E-state index in [9.17, 15) is 9.90 Å². The molecule has 0 bridgehead atoms. The molecule has 0 aliphatic carbocycles. The molecule has 0 radical (unpaired) electrons. The number of likely N-dealkylation sites (N-methyl/N-ethyl adjacent to an activating group) is 1. The number of aliphatic hydroxyl groups is 1. The zero-order chi connectivity index (χ0) is 19.3. The van der Waals surface area contributed by atoms with Gasteiger partial charge in [0, 0.05) is 26.2 Å². The third-order valence-electron chi connectivity index (χ3n) is 4.20. The second kappa shape index (κ2) is 8.70. The molecule has 2 rings (SSSR count). The number of hydrogen-bond acceptors (Lipinski definition) is 5. The van der Waals surface area contributed by atoms with E-state index < -0.39 is 5.60 Å². The molecular formula is C19H32N4O3. The van der Waals surface area contributed by atoms with Crippen LogP contribution < -0.4 is 15.5 Å². The summed E-state index contributed by atoms with van der Waals surface area (Å²) >= 11 is 0. The van der Waals surface area contributed by atoms with E-state index in [-0.39, 0.29) is 24.8 Å². The van der Waals surface area contributed by atoms with Crippen molar-refractivity contribution in [1.29, 1.82) is 0 Å². The van der Waals surface area contributed by atoms with Crippen molar-refractivity contribution in [2.75, 3.05) is 50.5 Å². The molecule has 1 aromatic carbocycles. The second-order valence-corrected chi connectivity index (χ2v) is 7.72. The van der Waals surface area contributed by atoms with Gasteiger partial charge in [-0.1, -0.05) is 12.1 Å². The molecule has 0 saturated carbocycles. The van der Waals surface area contributed by atoms with Crippen molar-refractivity contribution in [3.8, 4) is 0 Å². The molecular weight excluding hydrogens is 332 g/mol. The summed E-state index contributed by atoms with van der Waals surface area (Å²) in [6.45, 7) is 8.01. The van der Waals surface area contributed by atoms with Gasteiger partial charge in [-0.25, -0.2) is 4.79 Å². The van der Waals surface area contributed by atoms with Crippen LogP contribution in [0, 0.1) is 0 Å². The average Bonchev–Trinajstić information content (AvgIpc) is 2.51. The molecule has 0 aromatic heterocycles. The Kier molecular flexibility index (Phi) is 6.86. The maximum atomic E-state index is 12.3. The predicted octanol–water partition coefficient (Wildman–Crippen LogP) is 1.73. The van der Waals surface area contributed by atoms with Crippen molar-refractivity contribution < 1.29 is 14.6 Å². The zero-order valence-electron chi connectivity index (χ0n) is 16.5. The standard InChI is InChI=1S/C19H32N4O3/c1-14-10-23(11-15(2)26-14)17-9-7-6-8-16(17)21-18(24)20-12-19(3,25)13-22(4)5/h6-9,14-15,25H,10-13H2,1-5H3,(H2,20,21,24)/t14-,15-,19-/m1/s1. The summed E-state index contributed by atoms with van der Waals surface area (Å²) in [4.78, 5) is 16.4. The van der Waals surface area contributed by atoms with Crippen LogP contribution in [0.25, 0.3) is 0 Å². The SMILES string of the molecule is C[C@@H]1CN(c2ccccc2NC(=O)NC[C@@](C)(O)CN(C)C)C[C@@H](C)O1. The molecule has 1 aromatic rings. The monoisotopic (exact) mass is 364 g/mol. The second-order valence-electron chi connectivity index (χ2n) is 7.72. The summed E-state index contributed by atoms with van der Waals surface area (Å²) in [5, 5.41) is 16.0. The lowest BCUT2D eigenvalue weighted by Gasteiger charge is -2.37. The summed E-state index contributed by atoms with van der Waals surface area (Å²) in [5.41, 5.74) is 0.735. The highest BCUT2D eigenvalue weighted by Gasteiger charge is 2.25. The van der Waals surface area contributed by atoms with Gasteiger partial charge in [0.2, 0.25) is 0 Å². The fraction of sp³-hybridized carbons (Fsp3) is 0.632. The van der Waals surface area contributed by atoms with Crippen molar-refractivity contribution in [2.45, 2.75) is 38.6 Å².